The van der Waals surface area contributed by atoms with E-state index in [2.05, 4.69) is 120 Å². The minimum atomic E-state index is -0.448. The van der Waals surface area contributed by atoms with Gasteiger partial charge in [0.05, 0.1) is 72.4 Å². The van der Waals surface area contributed by atoms with Gasteiger partial charge in [-0.3, -0.25) is 38.5 Å². The number of aromatic nitrogens is 9. The third kappa shape index (κ3) is 20.6. The molecule has 0 unspecified atom stereocenters. The van der Waals surface area contributed by atoms with Gasteiger partial charge in [-0.15, -0.1) is 0 Å². The molecule has 0 fully saturated rings. The van der Waals surface area contributed by atoms with Crippen LogP contribution in [0.1, 0.15) is 105 Å². The zero-order chi connectivity index (χ0) is 73.2. The number of nitrogens with two attached hydrogens (primary N) is 1. The highest BCUT2D eigenvalue weighted by atomic mass is 79.9. The van der Waals surface area contributed by atoms with Crippen LogP contribution in [-0.4, -0.2) is 86.0 Å². The van der Waals surface area contributed by atoms with Crippen LogP contribution in [-0.2, 0) is 26.1 Å². The molecule has 0 saturated heterocycles. The number of nitrogens with zero attached hydrogens (tertiary/aromatic N) is 5. The highest BCUT2D eigenvalue weighted by Crippen LogP contribution is 2.21. The van der Waals surface area contributed by atoms with Crippen LogP contribution in [0.15, 0.2) is 167 Å². The molecule has 27 heteroatoms. The molecule has 3 amide bonds. The van der Waals surface area contributed by atoms with Gasteiger partial charge < -0.3 is 51.8 Å². The highest BCUT2D eigenvalue weighted by Gasteiger charge is 2.19. The van der Waals surface area contributed by atoms with Crippen LogP contribution in [0, 0.1) is 60.3 Å². The van der Waals surface area contributed by atoms with Crippen molar-refractivity contribution in [2.45, 2.75) is 80.9 Å². The average molecular weight is 1590 g/mol. The maximum atomic E-state index is 12.8. The van der Waals surface area contributed by atoms with Gasteiger partial charge in [-0.2, -0.15) is 0 Å². The molecule has 9 aromatic heterocycles. The van der Waals surface area contributed by atoms with E-state index in [0.717, 1.165) is 60.7 Å². The Hall–Kier alpha value is -10.0. The number of aliphatic hydroxyl groups excluding tert-OH is 2. The first-order valence-corrected chi connectivity index (χ1v) is 34.2. The summed E-state index contributed by atoms with van der Waals surface area (Å²) in [5.74, 6) is 3.87. The molecule has 0 radical (unpaired) electrons. The second-order valence-electron chi connectivity index (χ2n) is 22.8. The van der Waals surface area contributed by atoms with Gasteiger partial charge >= 0.3 is 0 Å². The lowest BCUT2D eigenvalue weighted by molar-refractivity contribution is 0.0941. The van der Waals surface area contributed by atoms with Crippen LogP contribution in [0.3, 0.4) is 0 Å². The maximum absolute atomic E-state index is 12.8. The molecular formula is C74H68Br3Cl2N13O9. The van der Waals surface area contributed by atoms with Crippen LogP contribution in [0.4, 0.5) is 5.69 Å². The third-order valence-electron chi connectivity index (χ3n) is 15.4. The summed E-state index contributed by atoms with van der Waals surface area (Å²) in [6.45, 7) is 13.6. The van der Waals surface area contributed by atoms with E-state index in [1.165, 1.54) is 24.7 Å². The number of hydrogen-bond acceptors (Lipinski definition) is 15. The largest absolute Gasteiger partial charge is 0.397 e. The topological polar surface area (TPSA) is 350 Å². The van der Waals surface area contributed by atoms with Crippen molar-refractivity contribution in [1.82, 2.24) is 60.8 Å². The molecule has 0 spiro atoms. The number of nitrogens with one attached hydrogen (secondary N) is 7. The number of H-pyrrole nitrogens is 4. The number of aromatic amines is 4. The molecule has 0 aliphatic carbocycles. The van der Waals surface area contributed by atoms with Gasteiger partial charge in [0.2, 0.25) is 16.3 Å². The number of rotatable bonds is 12. The number of aryl methyl sites for hydroxylation is 8. The molecule has 12 rings (SSSR count). The lowest BCUT2D eigenvalue weighted by Crippen LogP contribution is -2.28. The summed E-state index contributed by atoms with van der Waals surface area (Å²) in [5, 5.41) is 29.2. The Bertz CT molecular complexity index is 5390. The average Bonchev–Trinajstić information content (AvgIpc) is 0.831. The SMILES string of the molecule is Cc1c[nH]c2c(C)nc(Br)cc2c1=O.Cc1ccc(CNC(=O)c2c[nH]c3c(C)nc(C#CCO)cc3c2=O)cc1.Cc1nc(Br)cc2c(=O)c(C(=O)NCc3ccc(Cl)cc3)c[nH]c12.Cc1nc(Br)ccc1N.Cc1nc(CCCO)cc2c(=O)c(C(=O)NCc3ccc(Cl)cc3)c[nH]c12. The molecular weight excluding hydrogens is 1530 g/mol. The van der Waals surface area contributed by atoms with Gasteiger partial charge in [-0.25, -0.2) is 19.9 Å². The van der Waals surface area contributed by atoms with Crippen molar-refractivity contribution < 1.29 is 24.6 Å². The fourth-order valence-electron chi connectivity index (χ4n) is 10.0. The van der Waals surface area contributed by atoms with E-state index >= 15 is 0 Å². The summed E-state index contributed by atoms with van der Waals surface area (Å²) in [4.78, 5) is 121. The van der Waals surface area contributed by atoms with Gasteiger partial charge in [-0.1, -0.05) is 83.2 Å². The van der Waals surface area contributed by atoms with Crippen molar-refractivity contribution >= 4 is 138 Å². The lowest BCUT2D eigenvalue weighted by Gasteiger charge is -2.09. The van der Waals surface area contributed by atoms with Crippen molar-refractivity contribution in [1.29, 1.82) is 0 Å². The van der Waals surface area contributed by atoms with Crippen molar-refractivity contribution in [2.24, 2.45) is 0 Å². The Morgan fingerprint density at radius 2 is 0.861 bits per heavy atom. The number of aliphatic hydroxyl groups is 2. The Balaban J connectivity index is 0.000000167. The summed E-state index contributed by atoms with van der Waals surface area (Å²) in [7, 11) is 0. The predicted octanol–water partition coefficient (Wildman–Crippen LogP) is 12.2. The standard InChI is InChI=1S/C21H19N3O3.C20H20ClN3O3.C17H13BrClN3O2.C10H9BrN2O.C6H7BrN2/c1-13-5-7-15(8-6-13)11-23-21(27)18-12-22-19-14(2)24-16(4-3-9-25)10-17(19)20(18)26;1-12-18-16(9-15(24-12)3-2-8-25)19(26)17(11-22-18)20(27)23-10-13-4-6-14(21)7-5-13;1-9-15-12(6-14(18)22-9)16(23)13(8-20-15)17(24)21-7-10-2-4-11(19)5-3-10;1-5-4-12-9-6(2)13-8(11)3-7(9)10(5)14;1-4-5(8)2-3-6(7)9-4/h5-8,10,12,25H,9,11H2,1-2H3,(H,22,26)(H,23,27);4-7,9,11,25H,2-3,8,10H2,1H3,(H,22,26)(H,23,27);2-6,8H,7H2,1H3,(H,20,23)(H,21,24);3-4H,1-2H3,(H,12,14);2-3H,8H2,1H3. The number of pyridine rings is 9. The Kier molecular flexibility index (Phi) is 27.2. The molecule has 0 saturated carbocycles. The van der Waals surface area contributed by atoms with Crippen LogP contribution < -0.4 is 43.4 Å². The zero-order valence-corrected chi connectivity index (χ0v) is 61.9. The normalized spacial score (nSPS) is 10.6. The van der Waals surface area contributed by atoms with E-state index in [1.807, 2.05) is 81.4 Å². The van der Waals surface area contributed by atoms with E-state index in [4.69, 9.17) is 39.1 Å². The Labute approximate surface area is 613 Å². The number of anilines is 1. The Morgan fingerprint density at radius 3 is 1.29 bits per heavy atom. The summed E-state index contributed by atoms with van der Waals surface area (Å²) in [6.07, 6.45) is 7.10. The van der Waals surface area contributed by atoms with E-state index in [0.29, 0.717) is 113 Å². The number of carbonyl (C=O) groups is 3. The van der Waals surface area contributed by atoms with Crippen molar-refractivity contribution in [2.75, 3.05) is 18.9 Å². The zero-order valence-electron chi connectivity index (χ0n) is 55.6. The molecule has 3 aromatic carbocycles. The summed E-state index contributed by atoms with van der Waals surface area (Å²) >= 11 is 21.5. The molecule has 0 aliphatic heterocycles. The van der Waals surface area contributed by atoms with Crippen molar-refractivity contribution in [3.8, 4) is 11.8 Å². The molecule has 9 heterocycles. The predicted molar refractivity (Wildman–Crippen MR) is 407 cm³/mol. The van der Waals surface area contributed by atoms with Gasteiger partial charge in [0.15, 0.2) is 5.43 Å². The number of halogens is 5. The van der Waals surface area contributed by atoms with Gasteiger partial charge in [0.25, 0.3) is 17.7 Å². The molecule has 518 valence electrons. The van der Waals surface area contributed by atoms with E-state index in [-0.39, 0.29) is 51.6 Å². The summed E-state index contributed by atoms with van der Waals surface area (Å²) in [6, 6.07) is 32.3. The second kappa shape index (κ2) is 35.8. The van der Waals surface area contributed by atoms with E-state index in [9.17, 15) is 33.6 Å². The quantitative estimate of drug-likeness (QED) is 0.0401. The van der Waals surface area contributed by atoms with Crippen molar-refractivity contribution in [3.05, 3.63) is 283 Å². The maximum Gasteiger partial charge on any atom is 0.257 e. The van der Waals surface area contributed by atoms with Crippen molar-refractivity contribution in [3.63, 3.8) is 0 Å². The first kappa shape index (κ1) is 76.7. The van der Waals surface area contributed by atoms with Crippen LogP contribution in [0.2, 0.25) is 10.0 Å². The minimum Gasteiger partial charge on any atom is -0.397 e. The summed E-state index contributed by atoms with van der Waals surface area (Å²) < 4.78 is 2.07. The first-order valence-electron chi connectivity index (χ1n) is 31.1. The fourth-order valence-corrected chi connectivity index (χ4v) is 11.7. The molecule has 0 bridgehead atoms. The van der Waals surface area contributed by atoms with Gasteiger partial charge in [-0.05, 0) is 192 Å². The number of amides is 3. The first-order chi connectivity index (χ1) is 48.2. The molecule has 0 atom stereocenters. The number of benzene rings is 3. The van der Waals surface area contributed by atoms with Gasteiger partial charge in [0.1, 0.15) is 42.8 Å². The highest BCUT2D eigenvalue weighted by molar-refractivity contribution is 9.11. The minimum absolute atomic E-state index is 0.0290. The van der Waals surface area contributed by atoms with Gasteiger partial charge in [0, 0.05) is 77.7 Å². The van der Waals surface area contributed by atoms with Crippen LogP contribution >= 0.6 is 71.0 Å². The van der Waals surface area contributed by atoms with E-state index in [1.54, 1.807) is 76.4 Å². The van der Waals surface area contributed by atoms with E-state index < -0.39 is 17.7 Å². The fraction of sp³-hybridized carbons (Fsp3) is 0.189. The summed E-state index contributed by atoms with van der Waals surface area (Å²) in [5.41, 5.74) is 17.3. The Morgan fingerprint density at radius 1 is 0.475 bits per heavy atom. The number of nitrogen functional groups attached to an aromatic ring is 1. The number of fused-ring (bicyclic) bond motifs is 4. The van der Waals surface area contributed by atoms with Crippen LogP contribution in [0.25, 0.3) is 43.6 Å². The van der Waals surface area contributed by atoms with Crippen LogP contribution in [0.5, 0.6) is 0 Å². The number of hydrogen-bond donors (Lipinski definition) is 10. The molecule has 22 nitrogen and oxygen atoms in total. The molecule has 0 aliphatic rings. The molecule has 11 N–H and O–H groups in total. The smallest absolute Gasteiger partial charge is 0.257 e. The third-order valence-corrected chi connectivity index (χ3v) is 17.2. The molecule has 12 aromatic rings. The second-order valence-corrected chi connectivity index (χ2v) is 26.1. The lowest BCUT2D eigenvalue weighted by atomic mass is 10.1. The monoisotopic (exact) mass is 1590 g/mol. The molecule has 101 heavy (non-hydrogen) atoms. The number of carbonyl (C=O) groups excluding carboxylic acids is 3.